The minimum atomic E-state index is -0.618. The van der Waals surface area contributed by atoms with Crippen LogP contribution in [0.4, 0.5) is 5.69 Å². The van der Waals surface area contributed by atoms with Crippen LogP contribution in [-0.4, -0.2) is 18.8 Å². The van der Waals surface area contributed by atoms with E-state index >= 15 is 0 Å². The van der Waals surface area contributed by atoms with E-state index in [0.29, 0.717) is 22.6 Å². The maximum Gasteiger partial charge on any atom is 0.232 e. The van der Waals surface area contributed by atoms with Crippen molar-refractivity contribution in [2.24, 2.45) is 11.8 Å². The van der Waals surface area contributed by atoms with E-state index in [9.17, 15) is 9.59 Å². The Balaban J connectivity index is 1.53. The Labute approximate surface area is 173 Å². The number of fused-ring (bicyclic) bond motifs is 2. The number of benzene rings is 3. The van der Waals surface area contributed by atoms with Crippen molar-refractivity contribution in [1.82, 2.24) is 0 Å². The van der Waals surface area contributed by atoms with Crippen molar-refractivity contribution in [2.45, 2.75) is 12.8 Å². The van der Waals surface area contributed by atoms with Crippen LogP contribution >= 0.6 is 0 Å². The zero-order valence-electron chi connectivity index (χ0n) is 16.7. The molecular formula is C25H21NO4. The van der Waals surface area contributed by atoms with Gasteiger partial charge >= 0.3 is 0 Å². The minimum absolute atomic E-state index is 0.103. The van der Waals surface area contributed by atoms with Crippen LogP contribution in [0.2, 0.25) is 0 Å². The fourth-order valence-corrected chi connectivity index (χ4v) is 4.22. The molecule has 4 aromatic rings. The molecule has 150 valence electrons. The van der Waals surface area contributed by atoms with E-state index in [4.69, 9.17) is 9.15 Å². The number of anilines is 1. The number of ether oxygens (including phenoxy) is 1. The number of rotatable bonds is 5. The summed E-state index contributed by atoms with van der Waals surface area (Å²) in [5.74, 6) is -0.545. The van der Waals surface area contributed by atoms with Crippen molar-refractivity contribution in [3.05, 3.63) is 72.5 Å². The largest absolute Gasteiger partial charge is 0.497 e. The second-order valence-electron chi connectivity index (χ2n) is 7.80. The van der Waals surface area contributed by atoms with Crippen LogP contribution in [0.15, 0.2) is 71.3 Å². The van der Waals surface area contributed by atoms with Gasteiger partial charge in [-0.25, -0.2) is 0 Å². The average Bonchev–Trinajstić information content (AvgIpc) is 3.15. The molecule has 5 heteroatoms. The number of methoxy groups -OCH3 is 1. The number of carbonyl (C=O) groups is 2. The second kappa shape index (κ2) is 7.02. The van der Waals surface area contributed by atoms with Gasteiger partial charge in [0, 0.05) is 28.5 Å². The van der Waals surface area contributed by atoms with Crippen molar-refractivity contribution in [2.75, 3.05) is 12.4 Å². The summed E-state index contributed by atoms with van der Waals surface area (Å²) in [5.41, 5.74) is 2.08. The van der Waals surface area contributed by atoms with Gasteiger partial charge in [-0.05, 0) is 41.1 Å². The zero-order valence-corrected chi connectivity index (χ0v) is 16.7. The van der Waals surface area contributed by atoms with Crippen molar-refractivity contribution in [3.63, 3.8) is 0 Å². The van der Waals surface area contributed by atoms with Gasteiger partial charge in [0.25, 0.3) is 0 Å². The first-order valence-electron chi connectivity index (χ1n) is 9.95. The molecule has 0 aliphatic heterocycles. The molecule has 3 aromatic carbocycles. The van der Waals surface area contributed by atoms with Crippen molar-refractivity contribution in [1.29, 1.82) is 0 Å². The molecule has 1 amide bonds. The van der Waals surface area contributed by atoms with Crippen LogP contribution in [0, 0.1) is 11.8 Å². The molecule has 0 spiro atoms. The Morgan fingerprint density at radius 2 is 1.83 bits per heavy atom. The summed E-state index contributed by atoms with van der Waals surface area (Å²) >= 11 is 0. The van der Waals surface area contributed by atoms with Gasteiger partial charge in [-0.15, -0.1) is 0 Å². The van der Waals surface area contributed by atoms with Crippen LogP contribution in [0.25, 0.3) is 21.7 Å². The lowest BCUT2D eigenvalue weighted by molar-refractivity contribution is -0.120. The fourth-order valence-electron chi connectivity index (χ4n) is 4.22. The molecule has 1 aromatic heterocycles. The number of carbonyl (C=O) groups excluding carboxylic acids is 2. The molecule has 0 saturated heterocycles. The van der Waals surface area contributed by atoms with Gasteiger partial charge in [0.05, 0.1) is 19.3 Å². The predicted octanol–water partition coefficient (Wildman–Crippen LogP) is 5.15. The summed E-state index contributed by atoms with van der Waals surface area (Å²) in [6.07, 6.45) is 1.59. The third kappa shape index (κ3) is 3.03. The van der Waals surface area contributed by atoms with Gasteiger partial charge in [-0.2, -0.15) is 0 Å². The first-order valence-corrected chi connectivity index (χ1v) is 9.95. The standard InChI is InChI=1S/C25H21NO4/c1-14-22(24(14)27)23(20-13-30-21-10-9-18(29-2)12-19(20)21)25(28)26-17-8-7-15-5-3-4-6-16(15)11-17/h3-14,22-23H,1-2H3,(H,26,28). The van der Waals surface area contributed by atoms with Gasteiger partial charge in [0.1, 0.15) is 17.1 Å². The van der Waals surface area contributed by atoms with Gasteiger partial charge in [0.2, 0.25) is 5.91 Å². The zero-order chi connectivity index (χ0) is 20.8. The lowest BCUT2D eigenvalue weighted by Crippen LogP contribution is -2.23. The Morgan fingerprint density at radius 3 is 2.57 bits per heavy atom. The van der Waals surface area contributed by atoms with Crippen molar-refractivity contribution >= 4 is 39.1 Å². The highest BCUT2D eigenvalue weighted by Gasteiger charge is 2.54. The van der Waals surface area contributed by atoms with E-state index in [1.807, 2.05) is 67.6 Å². The van der Waals surface area contributed by atoms with E-state index < -0.39 is 5.92 Å². The highest BCUT2D eigenvalue weighted by Crippen LogP contribution is 2.47. The van der Waals surface area contributed by atoms with Crippen LogP contribution in [0.1, 0.15) is 18.4 Å². The minimum Gasteiger partial charge on any atom is -0.497 e. The molecule has 1 fully saturated rings. The molecule has 30 heavy (non-hydrogen) atoms. The van der Waals surface area contributed by atoms with Gasteiger partial charge in [-0.1, -0.05) is 37.3 Å². The molecule has 0 radical (unpaired) electrons. The number of amides is 1. The molecule has 1 N–H and O–H groups in total. The second-order valence-corrected chi connectivity index (χ2v) is 7.80. The summed E-state index contributed by atoms with van der Waals surface area (Å²) < 4.78 is 11.0. The SMILES string of the molecule is COc1ccc2occ(C(C(=O)Nc3ccc4ccccc4c3)C3C(=O)C3C)c2c1. The number of furan rings is 1. The number of nitrogens with one attached hydrogen (secondary N) is 1. The molecule has 3 unspecified atom stereocenters. The van der Waals surface area contributed by atoms with Crippen LogP contribution < -0.4 is 10.1 Å². The molecule has 1 heterocycles. The normalized spacial score (nSPS) is 19.1. The van der Waals surface area contributed by atoms with Gasteiger partial charge in [-0.3, -0.25) is 9.59 Å². The number of hydrogen-bond acceptors (Lipinski definition) is 4. The third-order valence-corrected chi connectivity index (χ3v) is 6.01. The molecular weight excluding hydrogens is 378 g/mol. The molecule has 3 atom stereocenters. The molecule has 5 nitrogen and oxygen atoms in total. The quantitative estimate of drug-likeness (QED) is 0.504. The van der Waals surface area contributed by atoms with Crippen LogP contribution in [-0.2, 0) is 9.59 Å². The lowest BCUT2D eigenvalue weighted by Gasteiger charge is -2.16. The molecule has 1 aliphatic rings. The summed E-state index contributed by atoms with van der Waals surface area (Å²) in [6, 6.07) is 19.3. The van der Waals surface area contributed by atoms with E-state index in [2.05, 4.69) is 5.32 Å². The topological polar surface area (TPSA) is 68.5 Å². The Hall–Kier alpha value is -3.60. The first kappa shape index (κ1) is 18.4. The predicted molar refractivity (Wildman–Crippen MR) is 116 cm³/mol. The van der Waals surface area contributed by atoms with Gasteiger partial charge < -0.3 is 14.5 Å². The van der Waals surface area contributed by atoms with E-state index in [-0.39, 0.29) is 23.5 Å². The van der Waals surface area contributed by atoms with Crippen molar-refractivity contribution in [3.8, 4) is 5.75 Å². The van der Waals surface area contributed by atoms with Crippen molar-refractivity contribution < 1.29 is 18.7 Å². The lowest BCUT2D eigenvalue weighted by atomic mass is 9.91. The highest BCUT2D eigenvalue weighted by atomic mass is 16.5. The summed E-state index contributed by atoms with van der Waals surface area (Å²) in [4.78, 5) is 25.7. The summed E-state index contributed by atoms with van der Waals surface area (Å²) in [5, 5.41) is 5.95. The van der Waals surface area contributed by atoms with Gasteiger partial charge in [0.15, 0.2) is 0 Å². The maximum atomic E-state index is 13.4. The Kier molecular flexibility index (Phi) is 4.31. The maximum absolute atomic E-state index is 13.4. The molecule has 0 bridgehead atoms. The third-order valence-electron chi connectivity index (χ3n) is 6.01. The molecule has 5 rings (SSSR count). The van der Waals surface area contributed by atoms with E-state index in [0.717, 1.165) is 16.2 Å². The number of ketones is 1. The smallest absolute Gasteiger partial charge is 0.232 e. The Bertz CT molecular complexity index is 1290. The van der Waals surface area contributed by atoms with Crippen LogP contribution in [0.3, 0.4) is 0 Å². The van der Waals surface area contributed by atoms with Crippen LogP contribution in [0.5, 0.6) is 5.75 Å². The van der Waals surface area contributed by atoms with E-state index in [1.54, 1.807) is 13.4 Å². The summed E-state index contributed by atoms with van der Waals surface area (Å²) in [7, 11) is 1.59. The monoisotopic (exact) mass is 399 g/mol. The fraction of sp³-hybridized carbons (Fsp3) is 0.200. The summed E-state index contributed by atoms with van der Waals surface area (Å²) in [6.45, 7) is 1.87. The molecule has 1 saturated carbocycles. The van der Waals surface area contributed by atoms with E-state index in [1.165, 1.54) is 0 Å². The number of hydrogen-bond donors (Lipinski definition) is 1. The highest BCUT2D eigenvalue weighted by molar-refractivity contribution is 6.09. The number of Topliss-reactive ketones (excluding diaryl/α,β-unsaturated/α-hetero) is 1. The Morgan fingerprint density at radius 1 is 1.07 bits per heavy atom. The average molecular weight is 399 g/mol. The first-order chi connectivity index (χ1) is 14.6. The molecule has 1 aliphatic carbocycles.